The van der Waals surface area contributed by atoms with E-state index >= 15 is 0 Å². The van der Waals surface area contributed by atoms with Gasteiger partial charge in [-0.05, 0) is 53.7 Å². The molecule has 0 saturated heterocycles. The summed E-state index contributed by atoms with van der Waals surface area (Å²) in [4.78, 5) is 39.6. The number of carbonyl (C=O) groups is 2. The molecule has 0 fully saturated rings. The highest BCUT2D eigenvalue weighted by molar-refractivity contribution is 6.05. The van der Waals surface area contributed by atoms with Crippen molar-refractivity contribution in [2.45, 2.75) is 0 Å². The van der Waals surface area contributed by atoms with E-state index in [2.05, 4.69) is 30.9 Å². The summed E-state index contributed by atoms with van der Waals surface area (Å²) in [6, 6.07) is 19.0. The lowest BCUT2D eigenvalue weighted by atomic mass is 10.1. The van der Waals surface area contributed by atoms with Gasteiger partial charge in [-0.2, -0.15) is 4.98 Å². The summed E-state index contributed by atoms with van der Waals surface area (Å²) in [5.41, 5.74) is 7.71. The van der Waals surface area contributed by atoms with E-state index in [1.807, 2.05) is 6.07 Å². The van der Waals surface area contributed by atoms with Crippen molar-refractivity contribution in [2.24, 2.45) is 5.73 Å². The number of hydrogen-bond donors (Lipinski definition) is 3. The van der Waals surface area contributed by atoms with Gasteiger partial charge in [0.1, 0.15) is 22.4 Å². The first-order valence-corrected chi connectivity index (χ1v) is 10.6. The summed E-state index contributed by atoms with van der Waals surface area (Å²) >= 11 is 0. The molecule has 0 saturated carbocycles. The lowest BCUT2D eigenvalue weighted by Gasteiger charge is -2.12. The number of amides is 2. The van der Waals surface area contributed by atoms with Gasteiger partial charge in [-0.1, -0.05) is 29.1 Å². The molecule has 0 atom stereocenters. The van der Waals surface area contributed by atoms with Gasteiger partial charge in [0.05, 0.1) is 0 Å². The Kier molecular flexibility index (Phi) is 5.89. The molecule has 178 valence electrons. The van der Waals surface area contributed by atoms with Crippen molar-refractivity contribution >= 4 is 40.0 Å². The lowest BCUT2D eigenvalue weighted by molar-refractivity contribution is 0.0997. The zero-order valence-electron chi connectivity index (χ0n) is 18.4. The molecule has 3 aromatic carbocycles. The highest BCUT2D eigenvalue weighted by Gasteiger charge is 2.16. The number of nitrogens with two attached hydrogens (primary N) is 1. The molecule has 2 heterocycles. The standard InChI is InChI=1S/C24H17FN8O3/c25-15-6-4-8-17(12-15)29-23(35)14-5-3-7-16(11-14)28-22-18(21(26)34)13-27-24(30-22)36-33-20-10-2-1-9-19(20)31-32-33/h1-13H,(H2,26,34)(H,29,35)(H,27,28,30). The van der Waals surface area contributed by atoms with Crippen LogP contribution in [-0.4, -0.2) is 36.9 Å². The summed E-state index contributed by atoms with van der Waals surface area (Å²) in [5.74, 6) is -1.64. The maximum Gasteiger partial charge on any atom is 0.347 e. The predicted octanol–water partition coefficient (Wildman–Crippen LogP) is 3.30. The Morgan fingerprint density at radius 1 is 0.972 bits per heavy atom. The molecule has 36 heavy (non-hydrogen) atoms. The molecule has 11 nitrogen and oxygen atoms in total. The molecule has 5 rings (SSSR count). The highest BCUT2D eigenvalue weighted by Crippen LogP contribution is 2.22. The number of rotatable bonds is 7. The van der Waals surface area contributed by atoms with E-state index in [-0.39, 0.29) is 23.0 Å². The summed E-state index contributed by atoms with van der Waals surface area (Å²) in [6.45, 7) is 0. The summed E-state index contributed by atoms with van der Waals surface area (Å²) < 4.78 is 13.4. The Morgan fingerprint density at radius 3 is 2.61 bits per heavy atom. The van der Waals surface area contributed by atoms with E-state index in [0.29, 0.717) is 22.4 Å². The van der Waals surface area contributed by atoms with Crippen molar-refractivity contribution in [2.75, 3.05) is 10.6 Å². The van der Waals surface area contributed by atoms with Crippen LogP contribution in [0.3, 0.4) is 0 Å². The van der Waals surface area contributed by atoms with Gasteiger partial charge in [0, 0.05) is 23.1 Å². The average molecular weight is 484 g/mol. The molecule has 0 radical (unpaired) electrons. The second-order valence-electron chi connectivity index (χ2n) is 7.49. The van der Waals surface area contributed by atoms with Gasteiger partial charge < -0.3 is 21.2 Å². The maximum absolute atomic E-state index is 13.4. The van der Waals surface area contributed by atoms with Gasteiger partial charge >= 0.3 is 6.01 Å². The number of benzene rings is 3. The van der Waals surface area contributed by atoms with Crippen LogP contribution in [0, 0.1) is 5.82 Å². The van der Waals surface area contributed by atoms with E-state index in [1.54, 1.807) is 42.5 Å². The number of nitrogens with one attached hydrogen (secondary N) is 2. The number of nitrogens with zero attached hydrogens (tertiary/aromatic N) is 5. The molecule has 12 heteroatoms. The van der Waals surface area contributed by atoms with Gasteiger partial charge in [0.2, 0.25) is 0 Å². The van der Waals surface area contributed by atoms with Crippen molar-refractivity contribution in [3.63, 3.8) is 0 Å². The highest BCUT2D eigenvalue weighted by atomic mass is 19.1. The van der Waals surface area contributed by atoms with Crippen LogP contribution in [-0.2, 0) is 0 Å². The smallest absolute Gasteiger partial charge is 0.347 e. The number of carbonyl (C=O) groups excluding carboxylic acids is 2. The minimum atomic E-state index is -0.768. The van der Waals surface area contributed by atoms with Crippen molar-refractivity contribution < 1.29 is 18.8 Å². The minimum absolute atomic E-state index is 0.000383. The van der Waals surface area contributed by atoms with Crippen LogP contribution < -0.4 is 21.2 Å². The Bertz CT molecular complexity index is 1600. The Hall–Kier alpha value is -5.39. The van der Waals surface area contributed by atoms with Crippen molar-refractivity contribution in [1.82, 2.24) is 25.1 Å². The van der Waals surface area contributed by atoms with Crippen molar-refractivity contribution in [1.29, 1.82) is 0 Å². The van der Waals surface area contributed by atoms with Crippen molar-refractivity contribution in [3.8, 4) is 6.01 Å². The van der Waals surface area contributed by atoms with Gasteiger partial charge in [0.15, 0.2) is 5.82 Å². The molecule has 0 spiro atoms. The number of para-hydroxylation sites is 1. The molecule has 5 aromatic rings. The molecule has 0 aliphatic heterocycles. The monoisotopic (exact) mass is 484 g/mol. The molecule has 2 aromatic heterocycles. The fourth-order valence-corrected chi connectivity index (χ4v) is 3.32. The normalized spacial score (nSPS) is 10.7. The van der Waals surface area contributed by atoms with Gasteiger partial charge in [-0.3, -0.25) is 9.59 Å². The summed E-state index contributed by atoms with van der Waals surface area (Å²) in [6.07, 6.45) is 1.21. The molecule has 2 amide bonds. The van der Waals surface area contributed by atoms with E-state index in [0.717, 1.165) is 4.85 Å². The SMILES string of the molecule is NC(=O)c1cnc(On2nnc3ccccc32)nc1Nc1cccc(C(=O)Nc2cccc(F)c2)c1. The third-order valence-corrected chi connectivity index (χ3v) is 4.99. The third-order valence-electron chi connectivity index (χ3n) is 4.99. The van der Waals surface area contributed by atoms with Gasteiger partial charge in [-0.25, -0.2) is 9.37 Å². The van der Waals surface area contributed by atoms with E-state index < -0.39 is 17.6 Å². The van der Waals surface area contributed by atoms with Crippen LogP contribution in [0.4, 0.5) is 21.6 Å². The third kappa shape index (κ3) is 4.77. The molecule has 0 unspecified atom stereocenters. The molecule has 0 aliphatic carbocycles. The molecular formula is C24H17FN8O3. The number of aromatic nitrogens is 5. The number of primary amides is 1. The van der Waals surface area contributed by atoms with Crippen LogP contribution in [0.15, 0.2) is 79.0 Å². The quantitative estimate of drug-likeness (QED) is 0.318. The Labute approximate surface area is 202 Å². The minimum Gasteiger partial charge on any atom is -0.365 e. The summed E-state index contributed by atoms with van der Waals surface area (Å²) in [5, 5.41) is 13.5. The molecule has 0 aliphatic rings. The Morgan fingerprint density at radius 2 is 1.78 bits per heavy atom. The zero-order chi connectivity index (χ0) is 25.1. The van der Waals surface area contributed by atoms with Crippen LogP contribution in [0.5, 0.6) is 6.01 Å². The Balaban J connectivity index is 1.40. The number of anilines is 3. The lowest BCUT2D eigenvalue weighted by Crippen LogP contribution is -2.17. The van der Waals surface area contributed by atoms with Gasteiger partial charge in [-0.15, -0.1) is 5.10 Å². The van der Waals surface area contributed by atoms with E-state index in [1.165, 1.54) is 30.5 Å². The first kappa shape index (κ1) is 22.4. The molecule has 0 bridgehead atoms. The molecular weight excluding hydrogens is 467 g/mol. The van der Waals surface area contributed by atoms with Crippen molar-refractivity contribution in [3.05, 3.63) is 95.9 Å². The summed E-state index contributed by atoms with van der Waals surface area (Å²) in [7, 11) is 0. The number of halogens is 1. The van der Waals surface area contributed by atoms with E-state index in [9.17, 15) is 14.0 Å². The fourth-order valence-electron chi connectivity index (χ4n) is 3.32. The zero-order valence-corrected chi connectivity index (χ0v) is 18.4. The first-order chi connectivity index (χ1) is 17.5. The second-order valence-corrected chi connectivity index (χ2v) is 7.49. The van der Waals surface area contributed by atoms with Gasteiger partial charge in [0.25, 0.3) is 11.8 Å². The van der Waals surface area contributed by atoms with Crippen LogP contribution in [0.2, 0.25) is 0 Å². The maximum atomic E-state index is 13.4. The topological polar surface area (TPSA) is 150 Å². The number of hydrogen-bond acceptors (Lipinski definition) is 8. The van der Waals surface area contributed by atoms with E-state index in [4.69, 9.17) is 10.6 Å². The second kappa shape index (κ2) is 9.46. The van der Waals surface area contributed by atoms with Crippen LogP contribution >= 0.6 is 0 Å². The molecule has 4 N–H and O–H groups in total. The number of fused-ring (bicyclic) bond motifs is 1. The van der Waals surface area contributed by atoms with Crippen LogP contribution in [0.25, 0.3) is 11.0 Å². The largest absolute Gasteiger partial charge is 0.365 e. The predicted molar refractivity (Wildman–Crippen MR) is 128 cm³/mol. The fraction of sp³-hybridized carbons (Fsp3) is 0. The van der Waals surface area contributed by atoms with Crippen LogP contribution in [0.1, 0.15) is 20.7 Å². The first-order valence-electron chi connectivity index (χ1n) is 10.6. The average Bonchev–Trinajstić information content (AvgIpc) is 3.27.